The van der Waals surface area contributed by atoms with Crippen LogP contribution >= 0.6 is 11.3 Å². The Labute approximate surface area is 233 Å². The second-order valence-corrected chi connectivity index (χ2v) is 15.0. The number of alkyl halides is 2. The number of pyridine rings is 2. The summed E-state index contributed by atoms with van der Waals surface area (Å²) in [6, 6.07) is 4.11. The smallest absolute Gasteiger partial charge is 0.291 e. The number of sulfonamides is 1. The molecule has 1 aliphatic rings. The van der Waals surface area contributed by atoms with Crippen molar-refractivity contribution in [1.82, 2.24) is 29.2 Å². The molecule has 4 heterocycles. The summed E-state index contributed by atoms with van der Waals surface area (Å²) in [5.41, 5.74) is -0.0920. The molecule has 0 spiro atoms. The van der Waals surface area contributed by atoms with E-state index in [0.717, 1.165) is 6.20 Å². The van der Waals surface area contributed by atoms with Gasteiger partial charge in [-0.15, -0.1) is 10.2 Å². The number of nitrogens with zero attached hydrogens (tertiary/aromatic N) is 6. The molecule has 0 aromatic carbocycles. The van der Waals surface area contributed by atoms with Crippen molar-refractivity contribution in [3.63, 3.8) is 0 Å². The highest BCUT2D eigenvalue weighted by Gasteiger charge is 2.41. The standard InChI is InChI=1S/C23H26F2N8O4S3/c1-23(6-7-23)30-40(36,37)15-10-16(17-5-4-14(13-33(17)34)39(26,35)9-8-31(2)3)18-11-27-20(32(18)12-15)22-29-28-21(38-22)19(24)25/h4-5,10-13,19,26,30H,6-9H2,1-3H3. The van der Waals surface area contributed by atoms with Crippen molar-refractivity contribution in [2.75, 3.05) is 26.4 Å². The Morgan fingerprint density at radius 1 is 1.25 bits per heavy atom. The molecule has 2 N–H and O–H groups in total. The molecule has 0 aliphatic heterocycles. The Morgan fingerprint density at radius 3 is 2.58 bits per heavy atom. The maximum absolute atomic E-state index is 13.4. The molecule has 12 nitrogen and oxygen atoms in total. The van der Waals surface area contributed by atoms with Crippen LogP contribution in [0.1, 0.15) is 31.2 Å². The van der Waals surface area contributed by atoms with E-state index in [1.165, 1.54) is 35.0 Å². The van der Waals surface area contributed by atoms with Gasteiger partial charge in [-0.25, -0.2) is 35.9 Å². The first-order chi connectivity index (χ1) is 18.7. The summed E-state index contributed by atoms with van der Waals surface area (Å²) in [4.78, 5) is 5.92. The molecule has 1 unspecified atom stereocenters. The van der Waals surface area contributed by atoms with Gasteiger partial charge in [-0.2, -0.15) is 4.73 Å². The summed E-state index contributed by atoms with van der Waals surface area (Å²) in [7, 11) is -3.76. The summed E-state index contributed by atoms with van der Waals surface area (Å²) in [5, 5.41) is 20.0. The molecule has 40 heavy (non-hydrogen) atoms. The minimum Gasteiger partial charge on any atom is -0.618 e. The summed E-state index contributed by atoms with van der Waals surface area (Å²) < 4.78 is 78.8. The second-order valence-electron chi connectivity index (χ2n) is 10.1. The number of hydrogen-bond acceptors (Lipinski definition) is 10. The molecule has 1 atom stereocenters. The predicted molar refractivity (Wildman–Crippen MR) is 144 cm³/mol. The van der Waals surface area contributed by atoms with E-state index in [2.05, 4.69) is 19.9 Å². The van der Waals surface area contributed by atoms with E-state index in [9.17, 15) is 26.6 Å². The second kappa shape index (κ2) is 10.1. The van der Waals surface area contributed by atoms with Gasteiger partial charge in [0.05, 0.1) is 31.9 Å². The van der Waals surface area contributed by atoms with Crippen molar-refractivity contribution in [2.24, 2.45) is 0 Å². The van der Waals surface area contributed by atoms with Gasteiger partial charge in [-0.1, -0.05) is 11.3 Å². The lowest BCUT2D eigenvalue weighted by atomic mass is 10.1. The Morgan fingerprint density at radius 2 is 1.98 bits per heavy atom. The minimum absolute atomic E-state index is 0.0169. The molecule has 0 saturated heterocycles. The van der Waals surface area contributed by atoms with E-state index in [1.807, 2.05) is 0 Å². The van der Waals surface area contributed by atoms with Gasteiger partial charge in [0.25, 0.3) is 6.43 Å². The number of aromatic nitrogens is 5. The third-order valence-corrected chi connectivity index (χ3v) is 10.8. The first-order valence-corrected chi connectivity index (χ1v) is 16.0. The van der Waals surface area contributed by atoms with E-state index >= 15 is 0 Å². The van der Waals surface area contributed by atoms with Crippen LogP contribution < -0.4 is 9.45 Å². The highest BCUT2D eigenvalue weighted by Crippen LogP contribution is 2.37. The van der Waals surface area contributed by atoms with Crippen LogP contribution in [0.2, 0.25) is 0 Å². The van der Waals surface area contributed by atoms with Crippen LogP contribution in [0.5, 0.6) is 0 Å². The summed E-state index contributed by atoms with van der Waals surface area (Å²) in [6.07, 6.45) is 2.22. The number of rotatable bonds is 10. The lowest BCUT2D eigenvalue weighted by Crippen LogP contribution is -2.34. The number of imidazole rings is 1. The summed E-state index contributed by atoms with van der Waals surface area (Å²) in [5.74, 6) is 0.0955. The van der Waals surface area contributed by atoms with Crippen molar-refractivity contribution in [3.05, 3.63) is 47.0 Å². The maximum Gasteiger partial charge on any atom is 0.291 e. The number of halogens is 2. The topological polar surface area (TPSA) is 160 Å². The molecule has 0 bridgehead atoms. The monoisotopic (exact) mass is 612 g/mol. The molecule has 4 aromatic heterocycles. The lowest BCUT2D eigenvalue weighted by molar-refractivity contribution is -0.595. The van der Waals surface area contributed by atoms with Crippen molar-refractivity contribution >= 4 is 36.6 Å². The SMILES string of the molecule is CN(C)CCS(=N)(=O)c1ccc(-c2cc(S(=O)(=O)NC3(C)CC3)cn3c(-c4nnc(C(F)F)s4)ncc23)[n+]([O-])c1. The normalized spacial score (nSPS) is 16.6. The van der Waals surface area contributed by atoms with E-state index in [4.69, 9.17) is 4.78 Å². The van der Waals surface area contributed by atoms with E-state index in [0.29, 0.717) is 41.0 Å². The Kier molecular flexibility index (Phi) is 7.14. The van der Waals surface area contributed by atoms with Crippen molar-refractivity contribution in [2.45, 2.75) is 41.5 Å². The Hall–Kier alpha value is -3.12. The van der Waals surface area contributed by atoms with Gasteiger partial charge in [0.1, 0.15) is 4.90 Å². The van der Waals surface area contributed by atoms with Crippen LogP contribution in [0, 0.1) is 9.99 Å². The zero-order valence-corrected chi connectivity index (χ0v) is 24.1. The van der Waals surface area contributed by atoms with Crippen LogP contribution in [-0.2, 0) is 19.8 Å². The molecule has 1 saturated carbocycles. The van der Waals surface area contributed by atoms with Gasteiger partial charge < -0.3 is 10.1 Å². The van der Waals surface area contributed by atoms with Gasteiger partial charge in [-0.05, 0) is 46.0 Å². The molecule has 1 fully saturated rings. The number of hydrogen-bond donors (Lipinski definition) is 2. The zero-order chi connectivity index (χ0) is 29.0. The maximum atomic E-state index is 13.4. The molecule has 5 rings (SSSR count). The predicted octanol–water partition coefficient (Wildman–Crippen LogP) is 2.89. The molecule has 17 heteroatoms. The Balaban J connectivity index is 1.67. The van der Waals surface area contributed by atoms with Gasteiger partial charge >= 0.3 is 0 Å². The summed E-state index contributed by atoms with van der Waals surface area (Å²) in [6.45, 7) is 2.16. The molecule has 4 aromatic rings. The van der Waals surface area contributed by atoms with Crippen LogP contribution in [0.3, 0.4) is 0 Å². The third-order valence-electron chi connectivity index (χ3n) is 6.50. The van der Waals surface area contributed by atoms with E-state index in [-0.39, 0.29) is 37.6 Å². The Bertz CT molecular complexity index is 1820. The number of fused-ring (bicyclic) bond motifs is 1. The largest absolute Gasteiger partial charge is 0.618 e. The van der Waals surface area contributed by atoms with Crippen LogP contribution in [0.4, 0.5) is 8.78 Å². The van der Waals surface area contributed by atoms with Gasteiger partial charge in [0.2, 0.25) is 15.7 Å². The molecular formula is C23H26F2N8O4S3. The fourth-order valence-electron chi connectivity index (χ4n) is 3.96. The van der Waals surface area contributed by atoms with Gasteiger partial charge in [0.15, 0.2) is 22.0 Å². The fourth-order valence-corrected chi connectivity index (χ4v) is 7.56. The molecule has 214 valence electrons. The highest BCUT2D eigenvalue weighted by molar-refractivity contribution is 7.92. The third kappa shape index (κ3) is 5.56. The zero-order valence-electron chi connectivity index (χ0n) is 21.7. The first kappa shape index (κ1) is 28.4. The first-order valence-electron chi connectivity index (χ1n) is 12.0. The van der Waals surface area contributed by atoms with E-state index < -0.39 is 36.7 Å². The fraction of sp³-hybridized carbons (Fsp3) is 0.391. The van der Waals surface area contributed by atoms with Crippen molar-refractivity contribution < 1.29 is 26.1 Å². The minimum atomic E-state index is -4.07. The summed E-state index contributed by atoms with van der Waals surface area (Å²) >= 11 is 0.619. The van der Waals surface area contributed by atoms with Crippen LogP contribution in [0.25, 0.3) is 27.6 Å². The van der Waals surface area contributed by atoms with Crippen molar-refractivity contribution in [3.8, 4) is 22.1 Å². The van der Waals surface area contributed by atoms with Crippen LogP contribution in [-0.4, -0.2) is 69.0 Å². The van der Waals surface area contributed by atoms with Gasteiger partial charge in [-0.3, -0.25) is 4.40 Å². The lowest BCUT2D eigenvalue weighted by Gasteiger charge is -2.15. The quantitative estimate of drug-likeness (QED) is 0.204. The molecule has 0 radical (unpaired) electrons. The van der Waals surface area contributed by atoms with E-state index in [1.54, 1.807) is 25.9 Å². The molecule has 1 aliphatic carbocycles. The molecular weight excluding hydrogens is 587 g/mol. The number of nitrogens with one attached hydrogen (secondary N) is 2. The molecule has 0 amide bonds. The van der Waals surface area contributed by atoms with Crippen LogP contribution in [0.15, 0.2) is 46.6 Å². The van der Waals surface area contributed by atoms with Gasteiger partial charge in [0, 0.05) is 30.1 Å². The highest BCUT2D eigenvalue weighted by atomic mass is 32.2. The average molecular weight is 613 g/mol. The average Bonchev–Trinajstić information content (AvgIpc) is 3.25. The van der Waals surface area contributed by atoms with Crippen molar-refractivity contribution in [1.29, 1.82) is 4.78 Å².